The van der Waals surface area contributed by atoms with Gasteiger partial charge in [-0.15, -0.1) is 0 Å². The molecule has 2 heterocycles. The molecule has 1 N–H and O–H groups in total. The van der Waals surface area contributed by atoms with E-state index in [0.29, 0.717) is 31.2 Å². The Kier molecular flexibility index (Phi) is 4.83. The lowest BCUT2D eigenvalue weighted by molar-refractivity contribution is -0.135. The molecule has 0 bridgehead atoms. The largest absolute Gasteiger partial charge is 0.342 e. The van der Waals surface area contributed by atoms with Crippen molar-refractivity contribution in [2.75, 3.05) is 19.6 Å². The maximum absolute atomic E-state index is 12.6. The summed E-state index contributed by atoms with van der Waals surface area (Å²) in [5.41, 5.74) is -0.640. The van der Waals surface area contributed by atoms with Crippen LogP contribution in [0.4, 0.5) is 4.79 Å². The molecule has 1 saturated carbocycles. The number of amides is 4. The van der Waals surface area contributed by atoms with Crippen molar-refractivity contribution in [2.24, 2.45) is 11.8 Å². The monoisotopic (exact) mass is 335 g/mol. The average molecular weight is 335 g/mol. The van der Waals surface area contributed by atoms with Crippen molar-refractivity contribution in [2.45, 2.75) is 64.3 Å². The number of nitrogens with zero attached hydrogens (tertiary/aromatic N) is 2. The third-order valence-corrected chi connectivity index (χ3v) is 5.70. The summed E-state index contributed by atoms with van der Waals surface area (Å²) < 4.78 is 0. The van der Waals surface area contributed by atoms with Crippen LogP contribution in [0.5, 0.6) is 0 Å². The summed E-state index contributed by atoms with van der Waals surface area (Å²) in [5.74, 6) is 1.16. The summed E-state index contributed by atoms with van der Waals surface area (Å²) in [5, 5.41) is 2.88. The molecule has 2 atom stereocenters. The van der Waals surface area contributed by atoms with Crippen molar-refractivity contribution in [3.8, 4) is 0 Å². The van der Waals surface area contributed by atoms with E-state index in [1.54, 1.807) is 0 Å². The number of carbonyl (C=O) groups excluding carboxylic acids is 3. The molecule has 4 amide bonds. The Labute approximate surface area is 143 Å². The molecule has 0 aromatic rings. The fourth-order valence-electron chi connectivity index (χ4n) is 4.61. The molecule has 6 heteroatoms. The van der Waals surface area contributed by atoms with Gasteiger partial charge in [0, 0.05) is 26.1 Å². The van der Waals surface area contributed by atoms with E-state index in [2.05, 4.69) is 19.2 Å². The highest BCUT2D eigenvalue weighted by Gasteiger charge is 2.52. The van der Waals surface area contributed by atoms with Gasteiger partial charge in [0.25, 0.3) is 5.91 Å². The summed E-state index contributed by atoms with van der Waals surface area (Å²) in [4.78, 5) is 40.3. The summed E-state index contributed by atoms with van der Waals surface area (Å²) in [6.45, 7) is 6.37. The van der Waals surface area contributed by atoms with Crippen LogP contribution in [0.2, 0.25) is 0 Å². The molecule has 1 spiro atoms. The highest BCUT2D eigenvalue weighted by atomic mass is 16.2. The first-order chi connectivity index (χ1) is 11.4. The number of hydrogen-bond donors (Lipinski definition) is 1. The molecule has 24 heavy (non-hydrogen) atoms. The maximum Gasteiger partial charge on any atom is 0.325 e. The van der Waals surface area contributed by atoms with E-state index in [9.17, 15) is 14.4 Å². The Bertz CT molecular complexity index is 518. The van der Waals surface area contributed by atoms with Crippen LogP contribution in [0, 0.1) is 11.8 Å². The molecule has 3 aliphatic rings. The molecule has 3 fully saturated rings. The number of nitrogens with one attached hydrogen (secondary N) is 1. The maximum atomic E-state index is 12.6. The van der Waals surface area contributed by atoms with E-state index in [0.717, 1.165) is 38.8 Å². The molecule has 3 rings (SSSR count). The van der Waals surface area contributed by atoms with E-state index >= 15 is 0 Å². The number of rotatable bonds is 4. The van der Waals surface area contributed by atoms with Gasteiger partial charge in [-0.3, -0.25) is 14.5 Å². The fourth-order valence-corrected chi connectivity index (χ4v) is 4.61. The van der Waals surface area contributed by atoms with Crippen LogP contribution in [-0.4, -0.2) is 52.8 Å². The second-order valence-corrected chi connectivity index (χ2v) is 8.02. The summed E-state index contributed by atoms with van der Waals surface area (Å²) in [7, 11) is 0. The number of carbonyl (C=O) groups is 3. The second kappa shape index (κ2) is 6.73. The number of likely N-dealkylation sites (tertiary alicyclic amines) is 1. The lowest BCUT2D eigenvalue weighted by atomic mass is 9.91. The average Bonchev–Trinajstić information content (AvgIpc) is 3.07. The smallest absolute Gasteiger partial charge is 0.325 e. The minimum Gasteiger partial charge on any atom is -0.342 e. The molecule has 0 unspecified atom stereocenters. The predicted molar refractivity (Wildman–Crippen MR) is 90.2 cm³/mol. The van der Waals surface area contributed by atoms with Gasteiger partial charge in [0.1, 0.15) is 5.54 Å². The van der Waals surface area contributed by atoms with E-state index < -0.39 is 5.54 Å². The van der Waals surface area contributed by atoms with E-state index in [4.69, 9.17) is 0 Å². The lowest BCUT2D eigenvalue weighted by Crippen LogP contribution is -2.44. The van der Waals surface area contributed by atoms with Crippen molar-refractivity contribution < 1.29 is 14.4 Å². The van der Waals surface area contributed by atoms with E-state index in [1.807, 2.05) is 4.90 Å². The Hall–Kier alpha value is -1.59. The first-order valence-corrected chi connectivity index (χ1v) is 9.33. The number of piperidine rings is 1. The normalized spacial score (nSPS) is 29.4. The van der Waals surface area contributed by atoms with Crippen LogP contribution >= 0.6 is 0 Å². The van der Waals surface area contributed by atoms with Crippen molar-refractivity contribution in [3.05, 3.63) is 0 Å². The zero-order valence-electron chi connectivity index (χ0n) is 14.8. The van der Waals surface area contributed by atoms with Gasteiger partial charge in [-0.05, 0) is 37.5 Å². The Morgan fingerprint density at radius 2 is 1.79 bits per heavy atom. The molecule has 134 valence electrons. The van der Waals surface area contributed by atoms with Crippen LogP contribution in [0.15, 0.2) is 0 Å². The SMILES string of the molecule is C[C@@H]1C[C@@H](C)CN(C(=O)CCCN2C(=O)NC3(CCCC3)C2=O)C1. The third kappa shape index (κ3) is 3.28. The number of imide groups is 1. The zero-order valence-corrected chi connectivity index (χ0v) is 14.8. The highest BCUT2D eigenvalue weighted by Crippen LogP contribution is 2.35. The van der Waals surface area contributed by atoms with Crippen molar-refractivity contribution in [1.29, 1.82) is 0 Å². The van der Waals surface area contributed by atoms with Crippen molar-refractivity contribution in [3.63, 3.8) is 0 Å². The quantitative estimate of drug-likeness (QED) is 0.800. The summed E-state index contributed by atoms with van der Waals surface area (Å²) in [6, 6.07) is -0.283. The predicted octanol–water partition coefficient (Wildman–Crippen LogP) is 2.14. The van der Waals surface area contributed by atoms with Gasteiger partial charge in [-0.1, -0.05) is 26.7 Å². The fraction of sp³-hybridized carbons (Fsp3) is 0.833. The van der Waals surface area contributed by atoms with Crippen LogP contribution < -0.4 is 5.32 Å². The molecule has 6 nitrogen and oxygen atoms in total. The highest BCUT2D eigenvalue weighted by molar-refractivity contribution is 6.07. The Morgan fingerprint density at radius 1 is 1.17 bits per heavy atom. The molecule has 1 aliphatic carbocycles. The van der Waals surface area contributed by atoms with Gasteiger partial charge in [-0.25, -0.2) is 4.79 Å². The minimum atomic E-state index is -0.640. The molecule has 2 saturated heterocycles. The first-order valence-electron chi connectivity index (χ1n) is 9.33. The second-order valence-electron chi connectivity index (χ2n) is 8.02. The standard InChI is InChI=1S/C18H29N3O3/c1-13-10-14(2)12-20(11-13)15(22)6-5-9-21-16(23)18(19-17(21)24)7-3-4-8-18/h13-14H,3-12H2,1-2H3,(H,19,24)/t13-,14-/m1/s1. The third-order valence-electron chi connectivity index (χ3n) is 5.70. The van der Waals surface area contributed by atoms with Gasteiger partial charge in [0.15, 0.2) is 0 Å². The summed E-state index contributed by atoms with van der Waals surface area (Å²) in [6.07, 6.45) is 5.60. The Balaban J connectivity index is 1.48. The molecule has 0 aromatic carbocycles. The molecule has 0 radical (unpaired) electrons. The van der Waals surface area contributed by atoms with Crippen LogP contribution in [-0.2, 0) is 9.59 Å². The first kappa shape index (κ1) is 17.2. The van der Waals surface area contributed by atoms with Gasteiger partial charge in [0.05, 0.1) is 0 Å². The molecular weight excluding hydrogens is 306 g/mol. The number of hydrogen-bond acceptors (Lipinski definition) is 3. The number of urea groups is 1. The summed E-state index contributed by atoms with van der Waals surface area (Å²) >= 11 is 0. The van der Waals surface area contributed by atoms with Gasteiger partial charge in [-0.2, -0.15) is 0 Å². The Morgan fingerprint density at radius 3 is 2.42 bits per heavy atom. The van der Waals surface area contributed by atoms with Crippen LogP contribution in [0.3, 0.4) is 0 Å². The van der Waals surface area contributed by atoms with Crippen LogP contribution in [0.25, 0.3) is 0 Å². The zero-order chi connectivity index (χ0) is 17.3. The molecule has 2 aliphatic heterocycles. The van der Waals surface area contributed by atoms with E-state index in [-0.39, 0.29) is 17.8 Å². The van der Waals surface area contributed by atoms with Crippen molar-refractivity contribution >= 4 is 17.8 Å². The van der Waals surface area contributed by atoms with Gasteiger partial charge >= 0.3 is 6.03 Å². The topological polar surface area (TPSA) is 69.7 Å². The van der Waals surface area contributed by atoms with Crippen molar-refractivity contribution in [1.82, 2.24) is 15.1 Å². The minimum absolute atomic E-state index is 0.0855. The molecule has 0 aromatic heterocycles. The van der Waals surface area contributed by atoms with Gasteiger partial charge < -0.3 is 10.2 Å². The molecular formula is C18H29N3O3. The lowest BCUT2D eigenvalue weighted by Gasteiger charge is -2.35. The van der Waals surface area contributed by atoms with Crippen LogP contribution in [0.1, 0.15) is 58.8 Å². The van der Waals surface area contributed by atoms with Gasteiger partial charge in [0.2, 0.25) is 5.91 Å². The van der Waals surface area contributed by atoms with E-state index in [1.165, 1.54) is 11.3 Å².